The summed E-state index contributed by atoms with van der Waals surface area (Å²) in [7, 11) is 0. The molecule has 0 aliphatic carbocycles. The number of hydrogen-bond acceptors (Lipinski definition) is 2. The molecule has 3 nitrogen and oxygen atoms in total. The number of imidazole rings is 1. The van der Waals surface area contributed by atoms with E-state index in [2.05, 4.69) is 35.8 Å². The molecule has 1 aromatic carbocycles. The van der Waals surface area contributed by atoms with Crippen molar-refractivity contribution in [2.75, 3.05) is 0 Å². The average molecular weight is 241 g/mol. The van der Waals surface area contributed by atoms with Crippen molar-refractivity contribution in [1.29, 1.82) is 5.26 Å². The minimum absolute atomic E-state index is 0.649. The van der Waals surface area contributed by atoms with Crippen molar-refractivity contribution in [2.24, 2.45) is 0 Å². The quantitative estimate of drug-likeness (QED) is 0.724. The molecule has 0 radical (unpaired) electrons. The van der Waals surface area contributed by atoms with E-state index in [-0.39, 0.29) is 0 Å². The Balaban J connectivity index is 2.22. The summed E-state index contributed by atoms with van der Waals surface area (Å²) < 4.78 is 2.32. The summed E-state index contributed by atoms with van der Waals surface area (Å²) in [5.41, 5.74) is 2.30. The van der Waals surface area contributed by atoms with Gasteiger partial charge < -0.3 is 4.57 Å². The number of rotatable bonds is 6. The molecule has 0 atom stereocenters. The Hall–Kier alpha value is -1.82. The zero-order valence-corrected chi connectivity index (χ0v) is 10.9. The van der Waals surface area contributed by atoms with Crippen molar-refractivity contribution in [3.63, 3.8) is 0 Å². The molecule has 1 aromatic heterocycles. The van der Waals surface area contributed by atoms with Crippen LogP contribution in [0.2, 0.25) is 0 Å². The molecule has 3 heteroatoms. The van der Waals surface area contributed by atoms with E-state index in [9.17, 15) is 0 Å². The third-order valence-corrected chi connectivity index (χ3v) is 3.13. The summed E-state index contributed by atoms with van der Waals surface area (Å²) in [5, 5.41) is 8.56. The van der Waals surface area contributed by atoms with E-state index in [1.165, 1.54) is 11.3 Å². The minimum Gasteiger partial charge on any atom is -0.328 e. The Morgan fingerprint density at radius 2 is 2.11 bits per heavy atom. The van der Waals surface area contributed by atoms with E-state index in [1.54, 1.807) is 0 Å². The highest BCUT2D eigenvalue weighted by atomic mass is 15.1. The summed E-state index contributed by atoms with van der Waals surface area (Å²) in [5.74, 6) is 1.18. The van der Waals surface area contributed by atoms with Crippen LogP contribution in [0.15, 0.2) is 24.3 Å². The fourth-order valence-corrected chi connectivity index (χ4v) is 2.26. The van der Waals surface area contributed by atoms with Crippen molar-refractivity contribution in [1.82, 2.24) is 9.55 Å². The smallest absolute Gasteiger partial charge is 0.109 e. The second-order valence-corrected chi connectivity index (χ2v) is 4.53. The molecule has 0 saturated carbocycles. The van der Waals surface area contributed by atoms with Gasteiger partial charge >= 0.3 is 0 Å². The van der Waals surface area contributed by atoms with E-state index >= 15 is 0 Å². The maximum atomic E-state index is 8.56. The Bertz CT molecular complexity index is 548. The minimum atomic E-state index is 0.649. The van der Waals surface area contributed by atoms with E-state index in [0.29, 0.717) is 6.42 Å². The van der Waals surface area contributed by atoms with Gasteiger partial charge in [-0.15, -0.1) is 0 Å². The lowest BCUT2D eigenvalue weighted by atomic mass is 10.2. The molecule has 2 aromatic rings. The summed E-state index contributed by atoms with van der Waals surface area (Å²) in [6, 6.07) is 10.5. The van der Waals surface area contributed by atoms with Gasteiger partial charge in [-0.05, 0) is 31.4 Å². The maximum Gasteiger partial charge on any atom is 0.109 e. The van der Waals surface area contributed by atoms with Gasteiger partial charge in [-0.3, -0.25) is 0 Å². The van der Waals surface area contributed by atoms with Gasteiger partial charge in [0.25, 0.3) is 0 Å². The van der Waals surface area contributed by atoms with Gasteiger partial charge in [0.1, 0.15) is 5.82 Å². The fourth-order valence-electron chi connectivity index (χ4n) is 2.26. The Morgan fingerprint density at radius 3 is 2.89 bits per heavy atom. The largest absolute Gasteiger partial charge is 0.328 e. The topological polar surface area (TPSA) is 41.6 Å². The van der Waals surface area contributed by atoms with Gasteiger partial charge in [-0.2, -0.15) is 5.26 Å². The number of nitriles is 1. The van der Waals surface area contributed by atoms with Gasteiger partial charge in [0.15, 0.2) is 0 Å². The monoisotopic (exact) mass is 241 g/mol. The molecule has 0 unspecified atom stereocenters. The third-order valence-electron chi connectivity index (χ3n) is 3.13. The lowest BCUT2D eigenvalue weighted by Crippen LogP contribution is -2.03. The molecule has 18 heavy (non-hydrogen) atoms. The number of fused-ring (bicyclic) bond motifs is 1. The van der Waals surface area contributed by atoms with Crippen molar-refractivity contribution in [3.05, 3.63) is 30.1 Å². The van der Waals surface area contributed by atoms with E-state index in [1.807, 2.05) is 6.07 Å². The first kappa shape index (κ1) is 12.6. The van der Waals surface area contributed by atoms with Crippen molar-refractivity contribution < 1.29 is 0 Å². The standard InChI is InChI=1S/C15H19N3/c1-2-8-15-17-13-9-4-5-10-14(13)18(15)12-7-3-6-11-16/h4-5,9-10H,2-3,6-8,12H2,1H3. The molecule has 0 N–H and O–H groups in total. The van der Waals surface area contributed by atoms with Crippen LogP contribution in [-0.2, 0) is 13.0 Å². The molecular formula is C15H19N3. The highest BCUT2D eigenvalue weighted by molar-refractivity contribution is 5.75. The van der Waals surface area contributed by atoms with Crippen molar-refractivity contribution in [2.45, 2.75) is 45.6 Å². The molecule has 0 aliphatic rings. The van der Waals surface area contributed by atoms with Gasteiger partial charge in [0, 0.05) is 19.4 Å². The van der Waals surface area contributed by atoms with Crippen LogP contribution in [0, 0.1) is 11.3 Å². The van der Waals surface area contributed by atoms with Gasteiger partial charge in [0.2, 0.25) is 0 Å². The number of aryl methyl sites for hydroxylation is 2. The molecule has 0 amide bonds. The Kier molecular flexibility index (Phi) is 4.35. The highest BCUT2D eigenvalue weighted by Gasteiger charge is 2.08. The number of benzene rings is 1. The predicted molar refractivity (Wildman–Crippen MR) is 73.2 cm³/mol. The summed E-state index contributed by atoms with van der Waals surface area (Å²) >= 11 is 0. The lowest BCUT2D eigenvalue weighted by molar-refractivity contribution is 0.599. The molecule has 0 spiro atoms. The predicted octanol–water partition coefficient (Wildman–Crippen LogP) is 3.68. The molecule has 0 aliphatic heterocycles. The normalized spacial score (nSPS) is 10.7. The SMILES string of the molecule is CCCc1nc2ccccc2n1CCCCC#N. The molecule has 0 bridgehead atoms. The third kappa shape index (κ3) is 2.70. The first-order chi connectivity index (χ1) is 8.86. The van der Waals surface area contributed by atoms with Crippen molar-refractivity contribution in [3.8, 4) is 6.07 Å². The van der Waals surface area contributed by atoms with E-state index < -0.39 is 0 Å². The Labute approximate surface area is 108 Å². The zero-order valence-electron chi connectivity index (χ0n) is 10.9. The molecule has 0 saturated heterocycles. The van der Waals surface area contributed by atoms with Crippen LogP contribution in [0.4, 0.5) is 0 Å². The lowest BCUT2D eigenvalue weighted by Gasteiger charge is -2.07. The second-order valence-electron chi connectivity index (χ2n) is 4.53. The van der Waals surface area contributed by atoms with Crippen LogP contribution in [0.5, 0.6) is 0 Å². The van der Waals surface area contributed by atoms with Gasteiger partial charge in [0.05, 0.1) is 17.1 Å². The van der Waals surface area contributed by atoms with Crippen LogP contribution in [0.1, 0.15) is 38.4 Å². The molecule has 1 heterocycles. The molecule has 94 valence electrons. The van der Waals surface area contributed by atoms with Crippen LogP contribution < -0.4 is 0 Å². The van der Waals surface area contributed by atoms with Crippen LogP contribution >= 0.6 is 0 Å². The number of para-hydroxylation sites is 2. The number of unbranched alkanes of at least 4 members (excludes halogenated alkanes) is 2. The van der Waals surface area contributed by atoms with Crippen LogP contribution in [0.25, 0.3) is 11.0 Å². The molecule has 2 rings (SSSR count). The van der Waals surface area contributed by atoms with Crippen molar-refractivity contribution >= 4 is 11.0 Å². The fraction of sp³-hybridized carbons (Fsp3) is 0.467. The number of nitrogens with zero attached hydrogens (tertiary/aromatic N) is 3. The highest BCUT2D eigenvalue weighted by Crippen LogP contribution is 2.18. The van der Waals surface area contributed by atoms with E-state index in [4.69, 9.17) is 10.2 Å². The van der Waals surface area contributed by atoms with Crippen LogP contribution in [-0.4, -0.2) is 9.55 Å². The first-order valence-corrected chi connectivity index (χ1v) is 6.68. The Morgan fingerprint density at radius 1 is 1.28 bits per heavy atom. The van der Waals surface area contributed by atoms with Gasteiger partial charge in [-0.1, -0.05) is 19.1 Å². The summed E-state index contributed by atoms with van der Waals surface area (Å²) in [6.07, 6.45) is 4.80. The summed E-state index contributed by atoms with van der Waals surface area (Å²) in [4.78, 5) is 4.70. The zero-order chi connectivity index (χ0) is 12.8. The maximum absolute atomic E-state index is 8.56. The first-order valence-electron chi connectivity index (χ1n) is 6.68. The van der Waals surface area contributed by atoms with Gasteiger partial charge in [-0.25, -0.2) is 4.98 Å². The second kappa shape index (κ2) is 6.20. The van der Waals surface area contributed by atoms with Crippen LogP contribution in [0.3, 0.4) is 0 Å². The molecular weight excluding hydrogens is 222 g/mol. The summed E-state index contributed by atoms with van der Waals surface area (Å²) in [6.45, 7) is 3.15. The average Bonchev–Trinajstić information content (AvgIpc) is 2.73. The number of hydrogen-bond donors (Lipinski definition) is 0. The molecule has 0 fully saturated rings. The number of aromatic nitrogens is 2. The van der Waals surface area contributed by atoms with E-state index in [0.717, 1.165) is 37.7 Å².